The van der Waals surface area contributed by atoms with Gasteiger partial charge in [-0.2, -0.15) is 0 Å². The van der Waals surface area contributed by atoms with Crippen molar-refractivity contribution in [3.8, 4) is 0 Å². The molecule has 1 aliphatic rings. The zero-order valence-electron chi connectivity index (χ0n) is 12.1. The summed E-state index contributed by atoms with van der Waals surface area (Å²) in [6.07, 6.45) is 7.46. The van der Waals surface area contributed by atoms with Crippen LogP contribution in [0.4, 0.5) is 0 Å². The molecule has 0 radical (unpaired) electrons. The zero-order chi connectivity index (χ0) is 13.8. The molecule has 1 atom stereocenters. The van der Waals surface area contributed by atoms with E-state index in [4.69, 9.17) is 0 Å². The average Bonchev–Trinajstić information content (AvgIpc) is 2.43. The van der Waals surface area contributed by atoms with E-state index in [1.165, 1.54) is 16.7 Å². The highest BCUT2D eigenvalue weighted by Crippen LogP contribution is 2.21. The Morgan fingerprint density at radius 3 is 2.89 bits per heavy atom. The summed E-state index contributed by atoms with van der Waals surface area (Å²) in [5, 5.41) is 3.14. The number of likely N-dealkylation sites (N-methyl/N-ethyl adjacent to an activating group) is 1. The van der Waals surface area contributed by atoms with E-state index in [9.17, 15) is 4.79 Å². The molecule has 2 nitrogen and oxygen atoms in total. The number of hydrogen-bond donors (Lipinski definition) is 1. The van der Waals surface area contributed by atoms with Crippen LogP contribution in [0.5, 0.6) is 0 Å². The van der Waals surface area contributed by atoms with Crippen LogP contribution in [0.15, 0.2) is 24.3 Å². The van der Waals surface area contributed by atoms with Gasteiger partial charge in [-0.05, 0) is 43.0 Å². The Bertz CT molecular complexity index is 494. The lowest BCUT2D eigenvalue weighted by atomic mass is 9.91. The van der Waals surface area contributed by atoms with Crippen molar-refractivity contribution in [2.45, 2.75) is 39.2 Å². The van der Waals surface area contributed by atoms with Gasteiger partial charge in [0.25, 0.3) is 0 Å². The molecular formula is C17H25NO. The molecule has 0 fully saturated rings. The fourth-order valence-corrected chi connectivity index (χ4v) is 2.59. The predicted molar refractivity (Wildman–Crippen MR) is 82.3 cm³/mol. The van der Waals surface area contributed by atoms with Crippen molar-refractivity contribution in [2.75, 3.05) is 7.05 Å². The third kappa shape index (κ3) is 3.32. The lowest BCUT2D eigenvalue weighted by Crippen LogP contribution is -2.38. The Kier molecular flexibility index (Phi) is 4.54. The predicted octanol–water partition coefficient (Wildman–Crippen LogP) is 3.25. The van der Waals surface area contributed by atoms with Crippen molar-refractivity contribution in [1.29, 1.82) is 0 Å². The van der Waals surface area contributed by atoms with Crippen LogP contribution in [0.2, 0.25) is 0 Å². The quantitative estimate of drug-likeness (QED) is 0.879. The molecule has 0 unspecified atom stereocenters. The van der Waals surface area contributed by atoms with Gasteiger partial charge in [0.15, 0.2) is 5.78 Å². The number of fused-ring (bicyclic) bond motifs is 1. The maximum absolute atomic E-state index is 12.1. The van der Waals surface area contributed by atoms with Crippen molar-refractivity contribution in [3.63, 3.8) is 0 Å². The highest BCUT2D eigenvalue weighted by molar-refractivity contribution is 5.86. The molecule has 0 spiro atoms. The standard InChI is InChI=1S/C17H23NO.H2/c1-12(2)17(19)16(18-3)11-13-8-9-14-6-4-5-7-15(14)10-13;/h5,7-10,12,16,18H,4,6,11H2,1-3H3;1H/t16-;/m0./s1. The van der Waals surface area contributed by atoms with Crippen molar-refractivity contribution < 1.29 is 6.22 Å². The minimum Gasteiger partial charge on any atom is -0.310 e. The summed E-state index contributed by atoms with van der Waals surface area (Å²) in [6.45, 7) is 3.92. The van der Waals surface area contributed by atoms with Crippen LogP contribution in [-0.2, 0) is 17.6 Å². The topological polar surface area (TPSA) is 29.1 Å². The first kappa shape index (κ1) is 14.0. The molecule has 0 heterocycles. The zero-order valence-corrected chi connectivity index (χ0v) is 12.1. The molecule has 2 rings (SSSR count). The minimum absolute atomic E-state index is 0. The number of rotatable bonds is 5. The van der Waals surface area contributed by atoms with Gasteiger partial charge in [0.2, 0.25) is 0 Å². The second-order valence-electron chi connectivity index (χ2n) is 5.58. The first-order valence-electron chi connectivity index (χ1n) is 7.11. The van der Waals surface area contributed by atoms with Crippen molar-refractivity contribution in [1.82, 2.24) is 5.32 Å². The van der Waals surface area contributed by atoms with Gasteiger partial charge < -0.3 is 5.32 Å². The molecule has 0 aliphatic heterocycles. The SMILES string of the molecule is CN[C@@H](Cc1ccc2c(c1)C=CCC2)C(=O)C(C)C.[HH]. The number of benzene rings is 1. The fourth-order valence-electron chi connectivity index (χ4n) is 2.59. The summed E-state index contributed by atoms with van der Waals surface area (Å²) in [7, 11) is 1.86. The molecule has 0 saturated carbocycles. The third-order valence-corrected chi connectivity index (χ3v) is 3.79. The van der Waals surface area contributed by atoms with Gasteiger partial charge in [0.1, 0.15) is 0 Å². The van der Waals surface area contributed by atoms with Crippen LogP contribution in [-0.4, -0.2) is 18.9 Å². The van der Waals surface area contributed by atoms with E-state index in [-0.39, 0.29) is 19.2 Å². The second-order valence-corrected chi connectivity index (χ2v) is 5.58. The Morgan fingerprint density at radius 2 is 2.21 bits per heavy atom. The van der Waals surface area contributed by atoms with Crippen LogP contribution in [0, 0.1) is 5.92 Å². The van der Waals surface area contributed by atoms with Crippen molar-refractivity contribution in [2.24, 2.45) is 5.92 Å². The smallest absolute Gasteiger partial charge is 0.152 e. The number of aryl methyl sites for hydroxylation is 1. The van der Waals surface area contributed by atoms with E-state index in [1.807, 2.05) is 20.9 Å². The van der Waals surface area contributed by atoms with Crippen molar-refractivity contribution >= 4 is 11.9 Å². The molecule has 104 valence electrons. The lowest BCUT2D eigenvalue weighted by Gasteiger charge is -2.18. The Hall–Kier alpha value is -1.41. The molecule has 1 aromatic rings. The van der Waals surface area contributed by atoms with E-state index in [0.29, 0.717) is 0 Å². The van der Waals surface area contributed by atoms with E-state index < -0.39 is 0 Å². The van der Waals surface area contributed by atoms with Crippen LogP contribution < -0.4 is 5.32 Å². The summed E-state index contributed by atoms with van der Waals surface area (Å²) in [4.78, 5) is 12.1. The first-order chi connectivity index (χ1) is 9.11. The molecule has 0 saturated heterocycles. The molecular weight excluding hydrogens is 234 g/mol. The monoisotopic (exact) mass is 259 g/mol. The number of ketones is 1. The van der Waals surface area contributed by atoms with E-state index in [2.05, 4.69) is 35.7 Å². The Morgan fingerprint density at radius 1 is 1.42 bits per heavy atom. The number of hydrogen-bond acceptors (Lipinski definition) is 2. The van der Waals surface area contributed by atoms with Gasteiger partial charge in [0, 0.05) is 7.34 Å². The van der Waals surface area contributed by atoms with E-state index in [1.54, 1.807) is 0 Å². The van der Waals surface area contributed by atoms with Gasteiger partial charge in [-0.25, -0.2) is 0 Å². The number of carbonyl (C=O) groups excluding carboxylic acids is 1. The summed E-state index contributed by atoms with van der Waals surface area (Å²) < 4.78 is 0. The number of carbonyl (C=O) groups is 1. The number of Topliss-reactive ketones (excluding diaryl/α,β-unsaturated/α-hetero) is 1. The second kappa shape index (κ2) is 6.16. The van der Waals surface area contributed by atoms with Crippen LogP contribution in [0.3, 0.4) is 0 Å². The van der Waals surface area contributed by atoms with Crippen LogP contribution in [0.25, 0.3) is 6.08 Å². The largest absolute Gasteiger partial charge is 0.310 e. The summed E-state index contributed by atoms with van der Waals surface area (Å²) >= 11 is 0. The third-order valence-electron chi connectivity index (χ3n) is 3.79. The maximum atomic E-state index is 12.1. The van der Waals surface area contributed by atoms with E-state index in [0.717, 1.165) is 19.3 Å². The molecule has 2 heteroatoms. The molecule has 0 amide bonds. The lowest BCUT2D eigenvalue weighted by molar-refractivity contribution is -0.123. The highest BCUT2D eigenvalue weighted by atomic mass is 16.1. The number of nitrogens with one attached hydrogen (secondary N) is 1. The molecule has 0 aromatic heterocycles. The summed E-state index contributed by atoms with van der Waals surface area (Å²) in [5.41, 5.74) is 3.97. The van der Waals surface area contributed by atoms with E-state index >= 15 is 0 Å². The maximum Gasteiger partial charge on any atom is 0.152 e. The fraction of sp³-hybridized carbons (Fsp3) is 0.471. The van der Waals surface area contributed by atoms with Gasteiger partial charge >= 0.3 is 0 Å². The molecule has 1 aliphatic carbocycles. The summed E-state index contributed by atoms with van der Waals surface area (Å²) in [6, 6.07) is 6.52. The molecule has 19 heavy (non-hydrogen) atoms. The van der Waals surface area contributed by atoms with Crippen LogP contribution >= 0.6 is 0 Å². The highest BCUT2D eigenvalue weighted by Gasteiger charge is 2.20. The first-order valence-corrected chi connectivity index (χ1v) is 7.11. The summed E-state index contributed by atoms with van der Waals surface area (Å²) in [5.74, 6) is 0.366. The molecule has 1 N–H and O–H groups in total. The Balaban J connectivity index is 0.00000200. The van der Waals surface area contributed by atoms with Gasteiger partial charge in [-0.1, -0.05) is 44.2 Å². The normalized spacial score (nSPS) is 15.4. The molecule has 1 aromatic carbocycles. The van der Waals surface area contributed by atoms with Gasteiger partial charge in [0.05, 0.1) is 6.04 Å². The minimum atomic E-state index is -0.0781. The van der Waals surface area contributed by atoms with Gasteiger partial charge in [-0.15, -0.1) is 0 Å². The average molecular weight is 259 g/mol. The van der Waals surface area contributed by atoms with Crippen LogP contribution in [0.1, 0.15) is 38.4 Å². The number of allylic oxidation sites excluding steroid dienone is 1. The van der Waals surface area contributed by atoms with Crippen molar-refractivity contribution in [3.05, 3.63) is 41.0 Å². The molecule has 0 bridgehead atoms. The Labute approximate surface area is 117 Å². The van der Waals surface area contributed by atoms with Gasteiger partial charge in [-0.3, -0.25) is 4.79 Å².